The predicted octanol–water partition coefficient (Wildman–Crippen LogP) is 3.19. The van der Waals surface area contributed by atoms with E-state index in [1.165, 1.54) is 25.7 Å². The van der Waals surface area contributed by atoms with Crippen LogP contribution >= 0.6 is 0 Å². The zero-order valence-corrected chi connectivity index (χ0v) is 14.6. The molecule has 1 heterocycles. The molecule has 5 nitrogen and oxygen atoms in total. The fraction of sp³-hybridized carbons (Fsp3) is 0.889. The summed E-state index contributed by atoms with van der Waals surface area (Å²) in [6, 6.07) is 0.691. The van der Waals surface area contributed by atoms with Gasteiger partial charge in [0.05, 0.1) is 0 Å². The van der Waals surface area contributed by atoms with Gasteiger partial charge in [-0.2, -0.15) is 0 Å². The van der Waals surface area contributed by atoms with E-state index in [0.29, 0.717) is 25.0 Å². The van der Waals surface area contributed by atoms with Gasteiger partial charge in [0.25, 0.3) is 0 Å². The van der Waals surface area contributed by atoms with Crippen LogP contribution in [-0.4, -0.2) is 42.0 Å². The van der Waals surface area contributed by atoms with Gasteiger partial charge in [-0.15, -0.1) is 0 Å². The van der Waals surface area contributed by atoms with Gasteiger partial charge in [-0.3, -0.25) is 4.79 Å². The fourth-order valence-corrected chi connectivity index (χ4v) is 3.82. The second kappa shape index (κ2) is 9.78. The molecule has 2 aliphatic rings. The summed E-state index contributed by atoms with van der Waals surface area (Å²) in [5.74, 6) is 0.256. The van der Waals surface area contributed by atoms with Crippen LogP contribution < -0.4 is 10.6 Å². The van der Waals surface area contributed by atoms with Crippen molar-refractivity contribution in [2.24, 2.45) is 0 Å². The van der Waals surface area contributed by atoms with Crippen molar-refractivity contribution in [1.29, 1.82) is 0 Å². The van der Waals surface area contributed by atoms with E-state index in [1.54, 1.807) is 0 Å². The monoisotopic (exact) mass is 323 g/mol. The normalized spacial score (nSPS) is 22.7. The number of rotatable bonds is 6. The summed E-state index contributed by atoms with van der Waals surface area (Å²) < 4.78 is 0. The SMILES string of the molecule is CCC1CCCCN1C(=O)CCCNC(=O)NC1CCCCC1. The second-order valence-electron chi connectivity index (χ2n) is 6.98. The van der Waals surface area contributed by atoms with Gasteiger partial charge in [0.1, 0.15) is 0 Å². The number of hydrogen-bond donors (Lipinski definition) is 2. The van der Waals surface area contributed by atoms with E-state index >= 15 is 0 Å². The maximum Gasteiger partial charge on any atom is 0.315 e. The van der Waals surface area contributed by atoms with Crippen LogP contribution in [-0.2, 0) is 4.79 Å². The first-order valence-corrected chi connectivity index (χ1v) is 9.54. The summed E-state index contributed by atoms with van der Waals surface area (Å²) in [5.41, 5.74) is 0. The quantitative estimate of drug-likeness (QED) is 0.737. The first kappa shape index (κ1) is 18.1. The number of carbonyl (C=O) groups is 2. The Labute approximate surface area is 140 Å². The Kier molecular flexibility index (Phi) is 7.69. The number of piperidine rings is 1. The number of likely N-dealkylation sites (tertiary alicyclic amines) is 1. The Morgan fingerprint density at radius 3 is 2.52 bits per heavy atom. The molecule has 1 atom stereocenters. The Bertz CT molecular complexity index is 380. The zero-order valence-electron chi connectivity index (χ0n) is 14.6. The van der Waals surface area contributed by atoms with E-state index < -0.39 is 0 Å². The summed E-state index contributed by atoms with van der Waals surface area (Å²) in [4.78, 5) is 26.2. The van der Waals surface area contributed by atoms with Crippen molar-refractivity contribution in [2.45, 2.75) is 89.6 Å². The summed E-state index contributed by atoms with van der Waals surface area (Å²) in [6.07, 6.45) is 11.7. The van der Waals surface area contributed by atoms with Gasteiger partial charge in [0.15, 0.2) is 0 Å². The number of nitrogens with zero attached hydrogens (tertiary/aromatic N) is 1. The summed E-state index contributed by atoms with van der Waals surface area (Å²) >= 11 is 0. The molecule has 1 aliphatic carbocycles. The van der Waals surface area contributed by atoms with Gasteiger partial charge in [0.2, 0.25) is 5.91 Å². The Balaban J connectivity index is 1.58. The van der Waals surface area contributed by atoms with Gasteiger partial charge >= 0.3 is 6.03 Å². The van der Waals surface area contributed by atoms with Crippen LogP contribution in [0.25, 0.3) is 0 Å². The van der Waals surface area contributed by atoms with Crippen molar-refractivity contribution in [1.82, 2.24) is 15.5 Å². The zero-order chi connectivity index (χ0) is 16.5. The van der Waals surface area contributed by atoms with Gasteiger partial charge in [-0.25, -0.2) is 4.79 Å². The molecule has 3 amide bonds. The number of amides is 3. The number of urea groups is 1. The van der Waals surface area contributed by atoms with E-state index in [2.05, 4.69) is 22.5 Å². The van der Waals surface area contributed by atoms with Crippen molar-refractivity contribution < 1.29 is 9.59 Å². The van der Waals surface area contributed by atoms with Crippen LogP contribution in [0.5, 0.6) is 0 Å². The molecule has 0 aromatic carbocycles. The van der Waals surface area contributed by atoms with Gasteiger partial charge in [-0.05, 0) is 44.9 Å². The minimum absolute atomic E-state index is 0.0752. The molecule has 0 aromatic rings. The van der Waals surface area contributed by atoms with Crippen molar-refractivity contribution in [3.05, 3.63) is 0 Å². The van der Waals surface area contributed by atoms with E-state index in [0.717, 1.165) is 45.1 Å². The molecule has 2 rings (SSSR count). The van der Waals surface area contributed by atoms with Crippen LogP contribution in [0.15, 0.2) is 0 Å². The largest absolute Gasteiger partial charge is 0.340 e. The van der Waals surface area contributed by atoms with Crippen molar-refractivity contribution >= 4 is 11.9 Å². The van der Waals surface area contributed by atoms with E-state index in [-0.39, 0.29) is 11.9 Å². The molecule has 0 bridgehead atoms. The van der Waals surface area contributed by atoms with Gasteiger partial charge in [-0.1, -0.05) is 26.2 Å². The maximum atomic E-state index is 12.3. The molecule has 1 unspecified atom stereocenters. The Morgan fingerprint density at radius 2 is 1.78 bits per heavy atom. The summed E-state index contributed by atoms with van der Waals surface area (Å²) in [6.45, 7) is 3.65. The Morgan fingerprint density at radius 1 is 1.04 bits per heavy atom. The summed E-state index contributed by atoms with van der Waals surface area (Å²) in [5, 5.41) is 5.93. The fourth-order valence-electron chi connectivity index (χ4n) is 3.82. The molecule has 2 N–H and O–H groups in total. The average Bonchev–Trinajstić information content (AvgIpc) is 2.59. The highest BCUT2D eigenvalue weighted by Crippen LogP contribution is 2.20. The van der Waals surface area contributed by atoms with Crippen LogP contribution in [0, 0.1) is 0 Å². The lowest BCUT2D eigenvalue weighted by atomic mass is 9.96. The Hall–Kier alpha value is -1.26. The highest BCUT2D eigenvalue weighted by atomic mass is 16.2. The molecule has 132 valence electrons. The number of nitrogens with one attached hydrogen (secondary N) is 2. The smallest absolute Gasteiger partial charge is 0.315 e. The van der Waals surface area contributed by atoms with Crippen molar-refractivity contribution in [2.75, 3.05) is 13.1 Å². The van der Waals surface area contributed by atoms with Crippen LogP contribution in [0.3, 0.4) is 0 Å². The molecule has 0 aromatic heterocycles. The summed E-state index contributed by atoms with van der Waals surface area (Å²) in [7, 11) is 0. The highest BCUT2D eigenvalue weighted by Gasteiger charge is 2.24. The minimum atomic E-state index is -0.0752. The topological polar surface area (TPSA) is 61.4 Å². The molecule has 0 spiro atoms. The molecule has 0 radical (unpaired) electrons. The third-order valence-corrected chi connectivity index (χ3v) is 5.21. The second-order valence-corrected chi connectivity index (χ2v) is 6.98. The lowest BCUT2D eigenvalue weighted by Gasteiger charge is -2.35. The molecule has 1 saturated carbocycles. The van der Waals surface area contributed by atoms with Gasteiger partial charge in [0, 0.05) is 31.6 Å². The molecule has 5 heteroatoms. The van der Waals surface area contributed by atoms with Crippen molar-refractivity contribution in [3.63, 3.8) is 0 Å². The van der Waals surface area contributed by atoms with Crippen molar-refractivity contribution in [3.8, 4) is 0 Å². The van der Waals surface area contributed by atoms with Gasteiger partial charge < -0.3 is 15.5 Å². The third-order valence-electron chi connectivity index (χ3n) is 5.21. The lowest BCUT2D eigenvalue weighted by Crippen LogP contribution is -2.44. The molecule has 23 heavy (non-hydrogen) atoms. The highest BCUT2D eigenvalue weighted by molar-refractivity contribution is 5.77. The molecule has 1 aliphatic heterocycles. The predicted molar refractivity (Wildman–Crippen MR) is 92.3 cm³/mol. The van der Waals surface area contributed by atoms with Crippen LogP contribution in [0.4, 0.5) is 4.79 Å². The average molecular weight is 323 g/mol. The first-order valence-electron chi connectivity index (χ1n) is 9.54. The minimum Gasteiger partial charge on any atom is -0.340 e. The van der Waals surface area contributed by atoms with E-state index in [4.69, 9.17) is 0 Å². The lowest BCUT2D eigenvalue weighted by molar-refractivity contribution is -0.135. The molecular formula is C18H33N3O2. The maximum absolute atomic E-state index is 12.3. The molecular weight excluding hydrogens is 290 g/mol. The van der Waals surface area contributed by atoms with E-state index in [9.17, 15) is 9.59 Å². The molecule has 1 saturated heterocycles. The molecule has 2 fully saturated rings. The first-order chi connectivity index (χ1) is 11.2. The standard InChI is InChI=1S/C18H33N3O2/c1-2-16-11-6-7-14-21(16)17(22)12-8-13-19-18(23)20-15-9-4-3-5-10-15/h15-16H,2-14H2,1H3,(H2,19,20,23). The van der Waals surface area contributed by atoms with E-state index in [1.807, 2.05) is 0 Å². The van der Waals surface area contributed by atoms with Crippen LogP contribution in [0.2, 0.25) is 0 Å². The number of hydrogen-bond acceptors (Lipinski definition) is 2. The van der Waals surface area contributed by atoms with Crippen LogP contribution in [0.1, 0.15) is 77.6 Å². The number of carbonyl (C=O) groups excluding carboxylic acids is 2. The third kappa shape index (κ3) is 6.04.